The maximum absolute atomic E-state index is 14.6. The Morgan fingerprint density at radius 1 is 1.00 bits per heavy atom. The molecule has 12 nitrogen and oxygen atoms in total. The molecule has 5 rings (SSSR count). The minimum Gasteiger partial charge on any atom is -0.497 e. The van der Waals surface area contributed by atoms with Gasteiger partial charge in [0, 0.05) is 36.5 Å². The smallest absolute Gasteiger partial charge is 0.252 e. The van der Waals surface area contributed by atoms with Gasteiger partial charge in [0.25, 0.3) is 5.91 Å². The number of sulfone groups is 1. The molecular formula is C37H39N5O7S. The lowest BCUT2D eigenvalue weighted by Crippen LogP contribution is -2.50. The van der Waals surface area contributed by atoms with E-state index in [1.54, 1.807) is 73.8 Å². The Morgan fingerprint density at radius 2 is 1.70 bits per heavy atom. The minimum atomic E-state index is -3.84. The van der Waals surface area contributed by atoms with Gasteiger partial charge in [-0.15, -0.1) is 0 Å². The van der Waals surface area contributed by atoms with E-state index in [2.05, 4.69) is 15.3 Å². The number of rotatable bonds is 17. The number of hydrogen-bond donors (Lipinski definition) is 2. The number of aliphatic imine (C=N–C) groups is 1. The number of benzene rings is 4. The van der Waals surface area contributed by atoms with Gasteiger partial charge in [-0.2, -0.15) is 0 Å². The van der Waals surface area contributed by atoms with Crippen LogP contribution in [0.4, 0.5) is 0 Å². The summed E-state index contributed by atoms with van der Waals surface area (Å²) in [5.41, 5.74) is 10.1. The number of hydrogen-bond acceptors (Lipinski definition) is 9. The summed E-state index contributed by atoms with van der Waals surface area (Å²) in [5.74, 6) is 0.548. The van der Waals surface area contributed by atoms with E-state index in [0.29, 0.717) is 47.6 Å². The topological polar surface area (TPSA) is 172 Å². The van der Waals surface area contributed by atoms with E-state index in [9.17, 15) is 13.2 Å². The van der Waals surface area contributed by atoms with E-state index >= 15 is 0 Å². The van der Waals surface area contributed by atoms with Crippen LogP contribution in [0.2, 0.25) is 0 Å². The Labute approximate surface area is 291 Å². The Morgan fingerprint density at radius 3 is 2.40 bits per heavy atom. The highest BCUT2D eigenvalue weighted by Gasteiger charge is 2.54. The molecule has 1 amide bonds. The van der Waals surface area contributed by atoms with E-state index in [0.717, 1.165) is 5.56 Å². The molecule has 0 saturated carbocycles. The molecule has 4 aromatic carbocycles. The van der Waals surface area contributed by atoms with Crippen molar-refractivity contribution in [3.8, 4) is 11.5 Å². The van der Waals surface area contributed by atoms with Gasteiger partial charge in [-0.05, 0) is 77.2 Å². The summed E-state index contributed by atoms with van der Waals surface area (Å²) >= 11 is 0. The summed E-state index contributed by atoms with van der Waals surface area (Å²) in [5, 5.41) is 15.9. The van der Waals surface area contributed by atoms with Crippen LogP contribution in [0.15, 0.2) is 118 Å². The first-order valence-electron chi connectivity index (χ1n) is 16.2. The van der Waals surface area contributed by atoms with Crippen LogP contribution < -0.4 is 14.8 Å². The Bertz CT molecular complexity index is 1930. The van der Waals surface area contributed by atoms with Crippen molar-refractivity contribution in [2.24, 2.45) is 10.1 Å². The second-order valence-corrected chi connectivity index (χ2v) is 13.7. The van der Waals surface area contributed by atoms with Gasteiger partial charge in [0.05, 0.1) is 30.9 Å². The molecule has 1 aliphatic heterocycles. The normalized spacial score (nSPS) is 16.8. The number of aliphatic hydroxyl groups excluding tert-OH is 1. The summed E-state index contributed by atoms with van der Waals surface area (Å²) in [6.45, 7) is 0.581. The van der Waals surface area contributed by atoms with E-state index < -0.39 is 33.1 Å². The summed E-state index contributed by atoms with van der Waals surface area (Å²) in [7, 11) is -2.24. The van der Waals surface area contributed by atoms with Gasteiger partial charge in [0.2, 0.25) is 5.90 Å². The SMILES string of the molecule is COc1ccc(CCNC(=O)[C@]2(CCS(=O)(=O)c3ccccc3)N=C(c3ccc(OCCCO)cc3)O[C@@H]2c2ccccc2CN=[N+]=[N-])cc1. The highest BCUT2D eigenvalue weighted by molar-refractivity contribution is 7.91. The van der Waals surface area contributed by atoms with Crippen molar-refractivity contribution in [3.05, 3.63) is 136 Å². The van der Waals surface area contributed by atoms with Crippen LogP contribution in [0.3, 0.4) is 0 Å². The van der Waals surface area contributed by atoms with Crippen molar-refractivity contribution in [1.29, 1.82) is 0 Å². The Kier molecular flexibility index (Phi) is 12.1. The Hall–Kier alpha value is -5.36. The van der Waals surface area contributed by atoms with Crippen molar-refractivity contribution in [2.45, 2.75) is 42.3 Å². The third-order valence-corrected chi connectivity index (χ3v) is 10.1. The second-order valence-electron chi connectivity index (χ2n) is 11.6. The number of carbonyl (C=O) groups excluding carboxylic acids is 1. The predicted molar refractivity (Wildman–Crippen MR) is 189 cm³/mol. The Balaban J connectivity index is 1.55. The number of methoxy groups -OCH3 is 1. The molecule has 260 valence electrons. The summed E-state index contributed by atoms with van der Waals surface area (Å²) in [4.78, 5) is 22.6. The average Bonchev–Trinajstić information content (AvgIpc) is 3.55. The maximum Gasteiger partial charge on any atom is 0.252 e. The van der Waals surface area contributed by atoms with Gasteiger partial charge in [-0.3, -0.25) is 4.79 Å². The molecule has 1 aliphatic rings. The third kappa shape index (κ3) is 8.61. The molecule has 0 unspecified atom stereocenters. The van der Waals surface area contributed by atoms with Crippen LogP contribution in [0, 0.1) is 0 Å². The van der Waals surface area contributed by atoms with E-state index in [4.69, 9.17) is 29.8 Å². The molecule has 0 spiro atoms. The van der Waals surface area contributed by atoms with Crippen LogP contribution in [-0.4, -0.2) is 63.5 Å². The standard InChI is InChI=1S/C37H39N5O7S/c1-47-30-16-12-27(13-17-30)20-22-39-36(44)37(21-25-50(45,46)32-9-3-2-4-10-32)34(33-11-6-5-8-29(33)26-40-42-38)49-35(41-37)28-14-18-31(19-15-28)48-24-7-23-43/h2-6,8-19,34,43H,7,20-26H2,1H3,(H,39,44)/t34-,37-/m1/s1. The molecule has 13 heteroatoms. The first-order valence-corrected chi connectivity index (χ1v) is 17.8. The van der Waals surface area contributed by atoms with Gasteiger partial charge >= 0.3 is 0 Å². The van der Waals surface area contributed by atoms with Gasteiger partial charge in [-0.25, -0.2) is 13.4 Å². The molecule has 0 aliphatic carbocycles. The number of nitrogens with zero attached hydrogens (tertiary/aromatic N) is 4. The van der Waals surface area contributed by atoms with Crippen LogP contribution in [0.5, 0.6) is 11.5 Å². The molecule has 2 atom stereocenters. The molecule has 0 fully saturated rings. The van der Waals surface area contributed by atoms with Crippen molar-refractivity contribution in [1.82, 2.24) is 5.32 Å². The first-order chi connectivity index (χ1) is 24.3. The van der Waals surface area contributed by atoms with Crippen molar-refractivity contribution >= 4 is 21.6 Å². The van der Waals surface area contributed by atoms with Crippen LogP contribution in [0.1, 0.15) is 41.2 Å². The second kappa shape index (κ2) is 16.8. The highest BCUT2D eigenvalue weighted by Crippen LogP contribution is 2.44. The zero-order valence-electron chi connectivity index (χ0n) is 27.6. The molecule has 0 aromatic heterocycles. The third-order valence-electron chi connectivity index (χ3n) is 8.38. The largest absolute Gasteiger partial charge is 0.497 e. The fourth-order valence-corrected chi connectivity index (χ4v) is 7.08. The summed E-state index contributed by atoms with van der Waals surface area (Å²) in [6.07, 6.45) is -0.279. The van der Waals surface area contributed by atoms with Crippen LogP contribution >= 0.6 is 0 Å². The number of nitrogens with one attached hydrogen (secondary N) is 1. The predicted octanol–water partition coefficient (Wildman–Crippen LogP) is 5.75. The molecule has 4 aromatic rings. The fraction of sp³-hybridized carbons (Fsp3) is 0.297. The van der Waals surface area contributed by atoms with Crippen molar-refractivity contribution in [3.63, 3.8) is 0 Å². The zero-order chi connectivity index (χ0) is 35.4. The summed E-state index contributed by atoms with van der Waals surface area (Å²) < 4.78 is 44.8. The number of ether oxygens (including phenoxy) is 3. The van der Waals surface area contributed by atoms with E-state index in [1.165, 1.54) is 12.1 Å². The van der Waals surface area contributed by atoms with Crippen molar-refractivity contribution < 1.29 is 32.5 Å². The van der Waals surface area contributed by atoms with Gasteiger partial charge in [0.1, 0.15) is 11.5 Å². The number of carbonyl (C=O) groups is 1. The monoisotopic (exact) mass is 697 g/mol. The molecule has 50 heavy (non-hydrogen) atoms. The molecule has 0 radical (unpaired) electrons. The number of amides is 1. The lowest BCUT2D eigenvalue weighted by atomic mass is 9.83. The highest BCUT2D eigenvalue weighted by atomic mass is 32.2. The number of aliphatic hydroxyl groups is 1. The molecule has 2 N–H and O–H groups in total. The lowest BCUT2D eigenvalue weighted by Gasteiger charge is -2.31. The van der Waals surface area contributed by atoms with Gasteiger partial charge < -0.3 is 24.6 Å². The van der Waals surface area contributed by atoms with Crippen LogP contribution in [0.25, 0.3) is 10.4 Å². The van der Waals surface area contributed by atoms with E-state index in [-0.39, 0.29) is 36.9 Å². The van der Waals surface area contributed by atoms with Gasteiger partial charge in [0.15, 0.2) is 21.5 Å². The fourth-order valence-electron chi connectivity index (χ4n) is 5.69. The molecular weight excluding hydrogens is 659 g/mol. The van der Waals surface area contributed by atoms with Gasteiger partial charge in [-0.1, -0.05) is 59.7 Å². The minimum absolute atomic E-state index is 0.00943. The summed E-state index contributed by atoms with van der Waals surface area (Å²) in [6, 6.07) is 29.6. The quantitative estimate of drug-likeness (QED) is 0.0612. The van der Waals surface area contributed by atoms with Crippen LogP contribution in [-0.2, 0) is 32.3 Å². The molecule has 1 heterocycles. The average molecular weight is 698 g/mol. The maximum atomic E-state index is 14.6. The van der Waals surface area contributed by atoms with E-state index in [1.807, 2.05) is 24.3 Å². The first kappa shape index (κ1) is 35.9. The zero-order valence-corrected chi connectivity index (χ0v) is 28.5. The van der Waals surface area contributed by atoms with Crippen molar-refractivity contribution in [2.75, 3.05) is 32.6 Å². The lowest BCUT2D eigenvalue weighted by molar-refractivity contribution is -0.129. The molecule has 0 saturated heterocycles. The number of azide groups is 1. The molecule has 0 bridgehead atoms.